The molecular weight excluding hydrogens is 408 g/mol. The Labute approximate surface area is 174 Å². The van der Waals surface area contributed by atoms with Crippen LogP contribution >= 0.6 is 11.3 Å². The zero-order chi connectivity index (χ0) is 21.6. The second kappa shape index (κ2) is 7.34. The van der Waals surface area contributed by atoms with E-state index < -0.39 is 17.2 Å². The van der Waals surface area contributed by atoms with Gasteiger partial charge >= 0.3 is 5.69 Å². The number of nitrogens with two attached hydrogens (primary N) is 1. The maximum Gasteiger partial charge on any atom is 0.332 e. The molecule has 156 valence electrons. The molecule has 0 saturated carbocycles. The molecule has 0 aliphatic heterocycles. The lowest BCUT2D eigenvalue weighted by Crippen LogP contribution is -2.40. The molecule has 0 spiro atoms. The first-order valence-electron chi connectivity index (χ1n) is 9.17. The highest BCUT2D eigenvalue weighted by molar-refractivity contribution is 7.16. The number of fused-ring (bicyclic) bond motifs is 3. The van der Waals surface area contributed by atoms with E-state index in [1.807, 2.05) is 6.07 Å². The molecular formula is C19H20N6O4S. The molecule has 1 amide bonds. The Morgan fingerprint density at radius 1 is 1.27 bits per heavy atom. The number of aryl methyl sites for hydroxylation is 2. The zero-order valence-corrected chi connectivity index (χ0v) is 17.2. The minimum atomic E-state index is -0.604. The number of nitrogen functional groups attached to an aromatic ring is 1. The van der Waals surface area contributed by atoms with Crippen LogP contribution in [0.15, 0.2) is 27.8 Å². The van der Waals surface area contributed by atoms with Crippen molar-refractivity contribution in [2.24, 2.45) is 14.1 Å². The van der Waals surface area contributed by atoms with Crippen molar-refractivity contribution >= 4 is 33.9 Å². The van der Waals surface area contributed by atoms with Gasteiger partial charge in [0.25, 0.3) is 5.56 Å². The predicted molar refractivity (Wildman–Crippen MR) is 115 cm³/mol. The van der Waals surface area contributed by atoms with E-state index in [1.165, 1.54) is 25.4 Å². The normalized spacial score (nSPS) is 12.2. The lowest BCUT2D eigenvalue weighted by Gasteiger charge is -2.14. The fourth-order valence-electron chi connectivity index (χ4n) is 3.41. The van der Waals surface area contributed by atoms with Crippen molar-refractivity contribution < 1.29 is 9.90 Å². The van der Waals surface area contributed by atoms with Gasteiger partial charge < -0.3 is 21.5 Å². The zero-order valence-electron chi connectivity index (χ0n) is 16.4. The van der Waals surface area contributed by atoms with Gasteiger partial charge in [0.2, 0.25) is 5.91 Å². The van der Waals surface area contributed by atoms with Crippen LogP contribution in [0.25, 0.3) is 11.3 Å². The van der Waals surface area contributed by atoms with E-state index in [0.717, 1.165) is 43.7 Å². The first-order chi connectivity index (χ1) is 14.3. The Morgan fingerprint density at radius 3 is 2.80 bits per heavy atom. The van der Waals surface area contributed by atoms with Crippen LogP contribution in [-0.2, 0) is 31.7 Å². The van der Waals surface area contributed by atoms with Crippen molar-refractivity contribution in [3.05, 3.63) is 49.5 Å². The monoisotopic (exact) mass is 428 g/mol. The Kier molecular flexibility index (Phi) is 4.82. The van der Waals surface area contributed by atoms with Crippen LogP contribution in [0, 0.1) is 0 Å². The summed E-state index contributed by atoms with van der Waals surface area (Å²) in [6, 6.07) is 5.18. The highest BCUT2D eigenvalue weighted by Gasteiger charge is 2.22. The molecule has 0 bridgehead atoms. The summed E-state index contributed by atoms with van der Waals surface area (Å²) in [5, 5.41) is 15.6. The van der Waals surface area contributed by atoms with Gasteiger partial charge in [-0.2, -0.15) is 0 Å². The van der Waals surface area contributed by atoms with Gasteiger partial charge in [-0.3, -0.25) is 18.7 Å². The lowest BCUT2D eigenvalue weighted by molar-refractivity contribution is -0.114. The average Bonchev–Trinajstić information content (AvgIpc) is 3.13. The summed E-state index contributed by atoms with van der Waals surface area (Å²) < 4.78 is 2.05. The summed E-state index contributed by atoms with van der Waals surface area (Å²) in [4.78, 5) is 42.1. The number of thiazole rings is 1. The number of phenolic OH excluding ortho intramolecular Hbond substituents is 1. The molecule has 1 aliphatic rings. The summed E-state index contributed by atoms with van der Waals surface area (Å²) in [7, 11) is 2.78. The largest absolute Gasteiger partial charge is 0.508 e. The molecule has 11 heteroatoms. The van der Waals surface area contributed by atoms with Gasteiger partial charge in [0.05, 0.1) is 12.2 Å². The van der Waals surface area contributed by atoms with E-state index in [-0.39, 0.29) is 23.8 Å². The van der Waals surface area contributed by atoms with Crippen LogP contribution in [0.4, 0.5) is 16.6 Å². The number of rotatable bonds is 4. The highest BCUT2D eigenvalue weighted by atomic mass is 32.1. The van der Waals surface area contributed by atoms with Gasteiger partial charge in [-0.05, 0) is 36.6 Å². The number of hydrogen-bond donors (Lipinski definition) is 4. The Hall–Kier alpha value is -3.60. The van der Waals surface area contributed by atoms with Crippen LogP contribution < -0.4 is 27.6 Å². The molecule has 2 heterocycles. The van der Waals surface area contributed by atoms with Crippen LogP contribution in [-0.4, -0.2) is 31.7 Å². The maximum absolute atomic E-state index is 12.4. The average molecular weight is 428 g/mol. The Morgan fingerprint density at radius 2 is 2.03 bits per heavy atom. The highest BCUT2D eigenvalue weighted by Crippen LogP contribution is 2.39. The van der Waals surface area contributed by atoms with Crippen molar-refractivity contribution in [3.8, 4) is 17.0 Å². The van der Waals surface area contributed by atoms with Gasteiger partial charge in [0, 0.05) is 24.5 Å². The second-order valence-corrected chi connectivity index (χ2v) is 8.08. The van der Waals surface area contributed by atoms with Gasteiger partial charge in [-0.25, -0.2) is 9.78 Å². The summed E-state index contributed by atoms with van der Waals surface area (Å²) in [6.07, 6.45) is 1.57. The number of carbonyl (C=O) groups is 1. The third kappa shape index (κ3) is 3.32. The minimum Gasteiger partial charge on any atom is -0.508 e. The van der Waals surface area contributed by atoms with E-state index in [0.29, 0.717) is 5.13 Å². The minimum absolute atomic E-state index is 0.0121. The molecule has 30 heavy (non-hydrogen) atoms. The van der Waals surface area contributed by atoms with E-state index in [1.54, 1.807) is 12.1 Å². The first kappa shape index (κ1) is 19.7. The van der Waals surface area contributed by atoms with Crippen molar-refractivity contribution in [1.29, 1.82) is 0 Å². The molecule has 4 rings (SSSR count). The number of phenols is 1. The van der Waals surface area contributed by atoms with E-state index in [9.17, 15) is 19.5 Å². The summed E-state index contributed by atoms with van der Waals surface area (Å²) in [6.45, 7) is -0.216. The number of amides is 1. The number of anilines is 3. The molecule has 1 aliphatic carbocycles. The van der Waals surface area contributed by atoms with Crippen molar-refractivity contribution in [3.63, 3.8) is 0 Å². The third-order valence-electron chi connectivity index (χ3n) is 5.04. The topological polar surface area (TPSA) is 144 Å². The van der Waals surface area contributed by atoms with Crippen LogP contribution in [0.1, 0.15) is 10.4 Å². The van der Waals surface area contributed by atoms with Crippen LogP contribution in [0.2, 0.25) is 0 Å². The summed E-state index contributed by atoms with van der Waals surface area (Å²) in [5.74, 6) is -0.223. The number of carbonyl (C=O) groups excluding carboxylic acids is 1. The standard InChI is InChI=1S/C19H20N6O4S/c1-24-16(20)15(17(28)25(2)19(24)29)21-8-13(27)22-18-23-14-11-5-4-10(26)7-9(11)3-6-12(14)30-18/h4-5,7,21,26H,3,6,8,20H2,1-2H3,(H,22,23,27). The first-order valence-corrected chi connectivity index (χ1v) is 9.99. The van der Waals surface area contributed by atoms with Gasteiger partial charge in [-0.1, -0.05) is 0 Å². The Balaban J connectivity index is 1.50. The van der Waals surface area contributed by atoms with E-state index in [4.69, 9.17) is 5.73 Å². The van der Waals surface area contributed by atoms with Crippen LogP contribution in [0.5, 0.6) is 5.75 Å². The number of nitrogens with one attached hydrogen (secondary N) is 2. The Bertz CT molecular complexity index is 1290. The quantitative estimate of drug-likeness (QED) is 0.477. The number of nitrogens with zero attached hydrogens (tertiary/aromatic N) is 3. The van der Waals surface area contributed by atoms with Gasteiger partial charge in [-0.15, -0.1) is 11.3 Å². The fraction of sp³-hybridized carbons (Fsp3) is 0.263. The molecule has 2 aromatic heterocycles. The molecule has 5 N–H and O–H groups in total. The second-order valence-electron chi connectivity index (χ2n) is 7.00. The van der Waals surface area contributed by atoms with Crippen LogP contribution in [0.3, 0.4) is 0 Å². The molecule has 0 atom stereocenters. The van der Waals surface area contributed by atoms with Gasteiger partial charge in [0.15, 0.2) is 5.13 Å². The molecule has 0 unspecified atom stereocenters. The smallest absolute Gasteiger partial charge is 0.332 e. The van der Waals surface area contributed by atoms with Gasteiger partial charge in [0.1, 0.15) is 17.3 Å². The van der Waals surface area contributed by atoms with E-state index >= 15 is 0 Å². The molecule has 10 nitrogen and oxygen atoms in total. The number of benzene rings is 1. The fourth-order valence-corrected chi connectivity index (χ4v) is 4.40. The molecule has 0 saturated heterocycles. The number of hydrogen-bond acceptors (Lipinski definition) is 8. The molecule has 3 aromatic rings. The summed E-state index contributed by atoms with van der Waals surface area (Å²) in [5.41, 5.74) is 7.46. The molecule has 0 fully saturated rings. The maximum atomic E-state index is 12.4. The molecule has 1 aromatic carbocycles. The SMILES string of the molecule is Cn1c(N)c(NCC(=O)Nc2nc3c(s2)CCc2cc(O)ccc2-3)c(=O)n(C)c1=O. The molecule has 0 radical (unpaired) electrons. The number of aromatic nitrogens is 3. The van der Waals surface area contributed by atoms with Crippen molar-refractivity contribution in [2.75, 3.05) is 22.9 Å². The summed E-state index contributed by atoms with van der Waals surface area (Å²) >= 11 is 1.40. The van der Waals surface area contributed by atoms with Crippen molar-refractivity contribution in [2.45, 2.75) is 12.8 Å². The lowest BCUT2D eigenvalue weighted by atomic mass is 9.93. The third-order valence-corrected chi connectivity index (χ3v) is 6.08. The van der Waals surface area contributed by atoms with E-state index in [2.05, 4.69) is 15.6 Å². The predicted octanol–water partition coefficient (Wildman–Crippen LogP) is 0.644. The number of aromatic hydroxyl groups is 1. The van der Waals surface area contributed by atoms with Crippen molar-refractivity contribution in [1.82, 2.24) is 14.1 Å².